The van der Waals surface area contributed by atoms with Crippen LogP contribution in [-0.4, -0.2) is 12.6 Å². The Hall–Kier alpha value is -0.0400. The number of rotatable bonds is 5. The number of hydrogen-bond acceptors (Lipinski definition) is 1. The maximum atomic E-state index is 3.87. The standard InChI is InChI=1S/C17H33N/c1-3-5-15-8-10-17(11-9-15)18-13-16-7-4-6-14(2)12-16/h14-18H,3-13H2,1-2H3. The largest absolute Gasteiger partial charge is 0.314 e. The summed E-state index contributed by atoms with van der Waals surface area (Å²) in [5, 5.41) is 3.87. The Labute approximate surface area is 114 Å². The molecule has 1 heteroatoms. The molecule has 2 rings (SSSR count). The van der Waals surface area contributed by atoms with Crippen molar-refractivity contribution < 1.29 is 0 Å². The van der Waals surface area contributed by atoms with E-state index in [2.05, 4.69) is 19.2 Å². The van der Waals surface area contributed by atoms with Gasteiger partial charge in [0.15, 0.2) is 0 Å². The van der Waals surface area contributed by atoms with Gasteiger partial charge in [0, 0.05) is 6.04 Å². The fourth-order valence-corrected chi connectivity index (χ4v) is 4.14. The molecule has 0 aromatic heterocycles. The van der Waals surface area contributed by atoms with Gasteiger partial charge in [-0.15, -0.1) is 0 Å². The van der Waals surface area contributed by atoms with Crippen molar-refractivity contribution in [3.05, 3.63) is 0 Å². The van der Waals surface area contributed by atoms with E-state index in [1.54, 1.807) is 0 Å². The fourth-order valence-electron chi connectivity index (χ4n) is 4.14. The maximum Gasteiger partial charge on any atom is 0.00673 e. The third kappa shape index (κ3) is 4.57. The fraction of sp³-hybridized carbons (Fsp3) is 1.00. The van der Waals surface area contributed by atoms with Crippen LogP contribution in [0.15, 0.2) is 0 Å². The molecule has 18 heavy (non-hydrogen) atoms. The van der Waals surface area contributed by atoms with Crippen LogP contribution in [0.3, 0.4) is 0 Å². The Morgan fingerprint density at radius 2 is 1.72 bits per heavy atom. The molecule has 0 saturated heterocycles. The number of hydrogen-bond donors (Lipinski definition) is 1. The molecule has 2 aliphatic rings. The molecule has 106 valence electrons. The minimum absolute atomic E-state index is 0.843. The van der Waals surface area contributed by atoms with Crippen LogP contribution in [0.25, 0.3) is 0 Å². The predicted octanol–water partition coefficient (Wildman–Crippen LogP) is 4.76. The minimum atomic E-state index is 0.843. The first-order valence-corrected chi connectivity index (χ1v) is 8.51. The van der Waals surface area contributed by atoms with Crippen molar-refractivity contribution in [2.75, 3.05) is 6.54 Å². The number of nitrogens with one attached hydrogen (secondary N) is 1. The lowest BCUT2D eigenvalue weighted by Crippen LogP contribution is -2.37. The van der Waals surface area contributed by atoms with Gasteiger partial charge in [-0.3, -0.25) is 0 Å². The van der Waals surface area contributed by atoms with Gasteiger partial charge in [0.05, 0.1) is 0 Å². The van der Waals surface area contributed by atoms with Gasteiger partial charge in [0.1, 0.15) is 0 Å². The summed E-state index contributed by atoms with van der Waals surface area (Å²) in [5.74, 6) is 3.00. The summed E-state index contributed by atoms with van der Waals surface area (Å²) < 4.78 is 0. The molecule has 0 heterocycles. The van der Waals surface area contributed by atoms with Crippen LogP contribution in [0.4, 0.5) is 0 Å². The molecule has 2 saturated carbocycles. The lowest BCUT2D eigenvalue weighted by molar-refractivity contribution is 0.236. The third-order valence-corrected chi connectivity index (χ3v) is 5.28. The molecule has 2 atom stereocenters. The van der Waals surface area contributed by atoms with Gasteiger partial charge in [0.25, 0.3) is 0 Å². The molecular formula is C17H33N. The van der Waals surface area contributed by atoms with Crippen LogP contribution in [0.5, 0.6) is 0 Å². The van der Waals surface area contributed by atoms with E-state index in [1.807, 2.05) is 0 Å². The van der Waals surface area contributed by atoms with Gasteiger partial charge < -0.3 is 5.32 Å². The van der Waals surface area contributed by atoms with Crippen LogP contribution in [0.1, 0.15) is 78.1 Å². The highest BCUT2D eigenvalue weighted by Gasteiger charge is 2.23. The Bertz CT molecular complexity index is 218. The highest BCUT2D eigenvalue weighted by molar-refractivity contribution is 4.79. The zero-order valence-corrected chi connectivity index (χ0v) is 12.6. The molecule has 0 radical (unpaired) electrons. The molecule has 0 amide bonds. The lowest BCUT2D eigenvalue weighted by atomic mass is 9.81. The van der Waals surface area contributed by atoms with Crippen LogP contribution in [0, 0.1) is 17.8 Å². The van der Waals surface area contributed by atoms with Crippen molar-refractivity contribution in [1.82, 2.24) is 5.32 Å². The molecule has 1 nitrogen and oxygen atoms in total. The summed E-state index contributed by atoms with van der Waals surface area (Å²) in [6.45, 7) is 6.06. The topological polar surface area (TPSA) is 12.0 Å². The summed E-state index contributed by atoms with van der Waals surface area (Å²) in [4.78, 5) is 0. The van der Waals surface area contributed by atoms with Crippen LogP contribution < -0.4 is 5.32 Å². The van der Waals surface area contributed by atoms with E-state index >= 15 is 0 Å². The molecule has 2 unspecified atom stereocenters. The second kappa shape index (κ2) is 7.53. The molecule has 0 aromatic carbocycles. The first-order chi connectivity index (χ1) is 8.78. The average Bonchev–Trinajstić information content (AvgIpc) is 2.38. The summed E-state index contributed by atoms with van der Waals surface area (Å²) in [5.41, 5.74) is 0. The van der Waals surface area contributed by atoms with E-state index in [1.165, 1.54) is 70.8 Å². The van der Waals surface area contributed by atoms with Gasteiger partial charge in [-0.2, -0.15) is 0 Å². The van der Waals surface area contributed by atoms with Crippen molar-refractivity contribution in [2.24, 2.45) is 17.8 Å². The predicted molar refractivity (Wildman–Crippen MR) is 79.8 cm³/mol. The van der Waals surface area contributed by atoms with Gasteiger partial charge in [-0.05, 0) is 62.8 Å². The van der Waals surface area contributed by atoms with E-state index in [0.29, 0.717) is 0 Å². The van der Waals surface area contributed by atoms with Crippen molar-refractivity contribution in [2.45, 2.75) is 84.1 Å². The first-order valence-electron chi connectivity index (χ1n) is 8.51. The second-order valence-electron chi connectivity index (χ2n) is 7.05. The molecular weight excluding hydrogens is 218 g/mol. The van der Waals surface area contributed by atoms with E-state index in [4.69, 9.17) is 0 Å². The van der Waals surface area contributed by atoms with Crippen LogP contribution in [-0.2, 0) is 0 Å². The molecule has 0 aliphatic heterocycles. The smallest absolute Gasteiger partial charge is 0.00673 e. The average molecular weight is 251 g/mol. The Morgan fingerprint density at radius 3 is 2.39 bits per heavy atom. The van der Waals surface area contributed by atoms with E-state index in [-0.39, 0.29) is 0 Å². The summed E-state index contributed by atoms with van der Waals surface area (Å²) >= 11 is 0. The molecule has 0 spiro atoms. The molecule has 2 aliphatic carbocycles. The van der Waals surface area contributed by atoms with Crippen molar-refractivity contribution in [3.8, 4) is 0 Å². The minimum Gasteiger partial charge on any atom is -0.314 e. The van der Waals surface area contributed by atoms with E-state index < -0.39 is 0 Å². The van der Waals surface area contributed by atoms with Crippen molar-refractivity contribution >= 4 is 0 Å². The normalized spacial score (nSPS) is 37.7. The summed E-state index contributed by atoms with van der Waals surface area (Å²) in [6, 6.07) is 0.843. The summed E-state index contributed by atoms with van der Waals surface area (Å²) in [6.07, 6.45) is 14.6. The van der Waals surface area contributed by atoms with Crippen molar-refractivity contribution in [1.29, 1.82) is 0 Å². The Balaban J connectivity index is 1.60. The monoisotopic (exact) mass is 251 g/mol. The van der Waals surface area contributed by atoms with Gasteiger partial charge >= 0.3 is 0 Å². The van der Waals surface area contributed by atoms with Crippen molar-refractivity contribution in [3.63, 3.8) is 0 Å². The van der Waals surface area contributed by atoms with Crippen LogP contribution >= 0.6 is 0 Å². The first kappa shape index (κ1) is 14.4. The highest BCUT2D eigenvalue weighted by atomic mass is 14.9. The maximum absolute atomic E-state index is 3.87. The molecule has 2 fully saturated rings. The zero-order chi connectivity index (χ0) is 12.8. The molecule has 0 bridgehead atoms. The zero-order valence-electron chi connectivity index (χ0n) is 12.6. The Morgan fingerprint density at radius 1 is 0.944 bits per heavy atom. The van der Waals surface area contributed by atoms with E-state index in [9.17, 15) is 0 Å². The van der Waals surface area contributed by atoms with Crippen LogP contribution in [0.2, 0.25) is 0 Å². The lowest BCUT2D eigenvalue weighted by Gasteiger charge is -2.32. The van der Waals surface area contributed by atoms with Gasteiger partial charge in [0.2, 0.25) is 0 Å². The van der Waals surface area contributed by atoms with Gasteiger partial charge in [-0.1, -0.05) is 39.5 Å². The van der Waals surface area contributed by atoms with E-state index in [0.717, 1.165) is 23.8 Å². The quantitative estimate of drug-likeness (QED) is 0.743. The Kier molecular flexibility index (Phi) is 6.01. The highest BCUT2D eigenvalue weighted by Crippen LogP contribution is 2.30. The SMILES string of the molecule is CCCC1CCC(NCC2CCCC(C)C2)CC1. The molecule has 1 N–H and O–H groups in total. The third-order valence-electron chi connectivity index (χ3n) is 5.28. The van der Waals surface area contributed by atoms with Gasteiger partial charge in [-0.25, -0.2) is 0 Å². The molecule has 0 aromatic rings. The summed E-state index contributed by atoms with van der Waals surface area (Å²) in [7, 11) is 0. The second-order valence-corrected chi connectivity index (χ2v) is 7.05.